The van der Waals surface area contributed by atoms with Crippen molar-refractivity contribution in [3.63, 3.8) is 0 Å². The highest BCUT2D eigenvalue weighted by molar-refractivity contribution is 7.99. The van der Waals surface area contributed by atoms with Gasteiger partial charge >= 0.3 is 0 Å². The molecule has 1 aromatic carbocycles. The molecule has 0 saturated carbocycles. The maximum Gasteiger partial charge on any atom is 0.237 e. The second-order valence-corrected chi connectivity index (χ2v) is 8.33. The van der Waals surface area contributed by atoms with Crippen LogP contribution in [0.4, 0.5) is 5.88 Å². The van der Waals surface area contributed by atoms with E-state index in [0.29, 0.717) is 28.8 Å². The Bertz CT molecular complexity index is 1080. The molecular weight excluding hydrogens is 418 g/mol. The lowest BCUT2D eigenvalue weighted by atomic mass is 10.2. The van der Waals surface area contributed by atoms with Gasteiger partial charge in [0.1, 0.15) is 23.2 Å². The van der Waals surface area contributed by atoms with E-state index in [1.807, 2.05) is 34.9 Å². The van der Waals surface area contributed by atoms with Gasteiger partial charge < -0.3 is 8.98 Å². The van der Waals surface area contributed by atoms with E-state index in [9.17, 15) is 10.1 Å². The third-order valence-electron chi connectivity index (χ3n) is 4.30. The van der Waals surface area contributed by atoms with Crippen molar-refractivity contribution in [3.05, 3.63) is 65.7 Å². The van der Waals surface area contributed by atoms with Crippen molar-refractivity contribution in [1.82, 2.24) is 14.8 Å². The summed E-state index contributed by atoms with van der Waals surface area (Å²) in [5, 5.41) is 21.1. The van der Waals surface area contributed by atoms with E-state index in [1.54, 1.807) is 31.7 Å². The molecule has 0 atom stereocenters. The highest BCUT2D eigenvalue weighted by atomic mass is 32.2. The second kappa shape index (κ2) is 10.2. The van der Waals surface area contributed by atoms with Gasteiger partial charge in [0.2, 0.25) is 11.8 Å². The first kappa shape index (κ1) is 21.7. The van der Waals surface area contributed by atoms with Gasteiger partial charge in [-0.2, -0.15) is 5.26 Å². The summed E-state index contributed by atoms with van der Waals surface area (Å²) in [6.45, 7) is 7.90. The number of nitrogens with zero attached hydrogens (tertiary/aromatic N) is 4. The molecule has 0 aliphatic rings. The number of carbonyl (C=O) groups excluding carboxylic acids is 1. The Morgan fingerprint density at radius 3 is 2.77 bits per heavy atom. The SMILES string of the molecule is C=CCn1c(CSc2ccccc2)nnc1SCC(=O)Nc1oc(C)c(C)c1C#N. The molecule has 7 nitrogen and oxygen atoms in total. The zero-order chi connectivity index (χ0) is 21.5. The second-order valence-electron chi connectivity index (χ2n) is 6.34. The maximum absolute atomic E-state index is 12.4. The van der Waals surface area contributed by atoms with Gasteiger partial charge in [0.25, 0.3) is 0 Å². The average molecular weight is 440 g/mol. The van der Waals surface area contributed by atoms with E-state index in [1.165, 1.54) is 11.8 Å². The lowest BCUT2D eigenvalue weighted by molar-refractivity contribution is -0.113. The molecule has 3 aromatic rings. The number of carbonyl (C=O) groups is 1. The molecule has 0 unspecified atom stereocenters. The Kier molecular flexibility index (Phi) is 7.38. The molecule has 0 saturated heterocycles. The molecule has 154 valence electrons. The number of amides is 1. The van der Waals surface area contributed by atoms with Gasteiger partial charge in [-0.3, -0.25) is 10.1 Å². The largest absolute Gasteiger partial charge is 0.444 e. The van der Waals surface area contributed by atoms with Crippen molar-refractivity contribution < 1.29 is 9.21 Å². The molecule has 0 fully saturated rings. The Balaban J connectivity index is 1.64. The number of rotatable bonds is 9. The predicted molar refractivity (Wildman–Crippen MR) is 118 cm³/mol. The van der Waals surface area contributed by atoms with Gasteiger partial charge in [-0.25, -0.2) is 0 Å². The highest BCUT2D eigenvalue weighted by Crippen LogP contribution is 2.27. The van der Waals surface area contributed by atoms with Crippen molar-refractivity contribution in [3.8, 4) is 6.07 Å². The van der Waals surface area contributed by atoms with Gasteiger partial charge in [-0.15, -0.1) is 28.5 Å². The van der Waals surface area contributed by atoms with Crippen LogP contribution in [0.3, 0.4) is 0 Å². The zero-order valence-corrected chi connectivity index (χ0v) is 18.3. The van der Waals surface area contributed by atoms with Crippen molar-refractivity contribution in [2.75, 3.05) is 11.1 Å². The minimum atomic E-state index is -0.279. The summed E-state index contributed by atoms with van der Waals surface area (Å²) >= 11 is 2.95. The number of allylic oxidation sites excluding steroid dienone is 1. The summed E-state index contributed by atoms with van der Waals surface area (Å²) < 4.78 is 7.43. The number of hydrogen-bond donors (Lipinski definition) is 1. The van der Waals surface area contributed by atoms with Crippen LogP contribution in [0.1, 0.15) is 22.7 Å². The van der Waals surface area contributed by atoms with Crippen LogP contribution in [-0.4, -0.2) is 26.4 Å². The van der Waals surface area contributed by atoms with Gasteiger partial charge in [0.15, 0.2) is 5.16 Å². The summed E-state index contributed by atoms with van der Waals surface area (Å²) in [5.74, 6) is 2.11. The fraction of sp³-hybridized carbons (Fsp3) is 0.238. The first-order valence-corrected chi connectivity index (χ1v) is 11.1. The normalized spacial score (nSPS) is 10.6. The molecule has 9 heteroatoms. The van der Waals surface area contributed by atoms with E-state index in [-0.39, 0.29) is 17.5 Å². The standard InChI is InChI=1S/C21H21N5O2S2/c1-4-10-26-18(12-29-16-8-6-5-7-9-16)24-25-21(26)30-13-19(27)23-20-17(11-22)14(2)15(3)28-20/h4-9H,1,10,12-13H2,2-3H3,(H,23,27). The number of nitrogens with one attached hydrogen (secondary N) is 1. The third-order valence-corrected chi connectivity index (χ3v) is 6.27. The van der Waals surface area contributed by atoms with Crippen LogP contribution in [0.5, 0.6) is 0 Å². The monoisotopic (exact) mass is 439 g/mol. The summed E-state index contributed by atoms with van der Waals surface area (Å²) in [6.07, 6.45) is 1.78. The molecule has 1 N–H and O–H groups in total. The topological polar surface area (TPSA) is 96.7 Å². The van der Waals surface area contributed by atoms with E-state index >= 15 is 0 Å². The molecule has 0 spiro atoms. The number of furan rings is 1. The first-order valence-electron chi connectivity index (χ1n) is 9.17. The van der Waals surface area contributed by atoms with Crippen LogP contribution in [0.2, 0.25) is 0 Å². The smallest absolute Gasteiger partial charge is 0.237 e. The fourth-order valence-corrected chi connectivity index (χ4v) is 4.28. The summed E-state index contributed by atoms with van der Waals surface area (Å²) in [5.41, 5.74) is 1.08. The van der Waals surface area contributed by atoms with Gasteiger partial charge in [-0.05, 0) is 26.0 Å². The molecule has 30 heavy (non-hydrogen) atoms. The summed E-state index contributed by atoms with van der Waals surface area (Å²) in [6, 6.07) is 12.1. The first-order chi connectivity index (χ1) is 14.5. The molecule has 0 aliphatic heterocycles. The van der Waals surface area contributed by atoms with Crippen LogP contribution >= 0.6 is 23.5 Å². The highest BCUT2D eigenvalue weighted by Gasteiger charge is 2.18. The van der Waals surface area contributed by atoms with Crippen LogP contribution in [0.15, 0.2) is 57.5 Å². The molecule has 3 rings (SSSR count). The number of benzene rings is 1. The number of anilines is 1. The molecule has 2 aromatic heterocycles. The van der Waals surface area contributed by atoms with Gasteiger partial charge in [-0.1, -0.05) is 36.0 Å². The molecule has 0 aliphatic carbocycles. The third kappa shape index (κ3) is 5.14. The Labute approximate surface area is 183 Å². The molecule has 0 radical (unpaired) electrons. The molecule has 2 heterocycles. The van der Waals surface area contributed by atoms with Gasteiger partial charge in [0, 0.05) is 17.0 Å². The minimum absolute atomic E-state index is 0.116. The molecule has 0 bridgehead atoms. The van der Waals surface area contributed by atoms with Crippen molar-refractivity contribution in [2.24, 2.45) is 0 Å². The quantitative estimate of drug-likeness (QED) is 0.385. The number of hydrogen-bond acceptors (Lipinski definition) is 7. The van der Waals surface area contributed by atoms with E-state index in [2.05, 4.69) is 28.2 Å². The average Bonchev–Trinajstić information content (AvgIpc) is 3.25. The lowest BCUT2D eigenvalue weighted by Gasteiger charge is -2.08. The van der Waals surface area contributed by atoms with Crippen LogP contribution < -0.4 is 5.32 Å². The van der Waals surface area contributed by atoms with Crippen molar-refractivity contribution >= 4 is 35.3 Å². The minimum Gasteiger partial charge on any atom is -0.444 e. The number of nitriles is 1. The van der Waals surface area contributed by atoms with Crippen molar-refractivity contribution in [1.29, 1.82) is 5.26 Å². The maximum atomic E-state index is 12.4. The van der Waals surface area contributed by atoms with E-state index in [0.717, 1.165) is 16.3 Å². The number of aryl methyl sites for hydroxylation is 1. The molecular formula is C21H21N5O2S2. The van der Waals surface area contributed by atoms with Crippen LogP contribution in [0.25, 0.3) is 0 Å². The van der Waals surface area contributed by atoms with E-state index in [4.69, 9.17) is 4.42 Å². The summed E-state index contributed by atoms with van der Waals surface area (Å²) in [4.78, 5) is 13.5. The fourth-order valence-electron chi connectivity index (χ4n) is 2.65. The lowest BCUT2D eigenvalue weighted by Crippen LogP contribution is -2.15. The van der Waals surface area contributed by atoms with Crippen molar-refractivity contribution in [2.45, 2.75) is 36.2 Å². The van der Waals surface area contributed by atoms with E-state index < -0.39 is 0 Å². The molecule has 1 amide bonds. The van der Waals surface area contributed by atoms with Gasteiger partial charge in [0.05, 0.1) is 11.5 Å². The predicted octanol–water partition coefficient (Wildman–Crippen LogP) is 4.57. The number of thioether (sulfide) groups is 2. The van der Waals surface area contributed by atoms with Crippen LogP contribution in [-0.2, 0) is 17.1 Å². The Morgan fingerprint density at radius 1 is 1.30 bits per heavy atom. The Morgan fingerprint density at radius 2 is 2.07 bits per heavy atom. The summed E-state index contributed by atoms with van der Waals surface area (Å²) in [7, 11) is 0. The number of aromatic nitrogens is 3. The zero-order valence-electron chi connectivity index (χ0n) is 16.7. The van der Waals surface area contributed by atoms with Crippen LogP contribution in [0, 0.1) is 25.2 Å². The Hall–Kier alpha value is -2.96.